The summed E-state index contributed by atoms with van der Waals surface area (Å²) < 4.78 is 0. The standard InChI is InChI=1S/C19H31NO/c1-3-4-5-6-7-8-9-10-13-16-20-19(21)18-15-12-11-14-17(18)2/h11-12,14-15H,3-10,13,16H2,1-2H3,(H,20,21). The molecule has 0 aliphatic rings. The van der Waals surface area contributed by atoms with E-state index in [1.54, 1.807) is 0 Å². The van der Waals surface area contributed by atoms with Gasteiger partial charge in [0, 0.05) is 12.1 Å². The van der Waals surface area contributed by atoms with E-state index >= 15 is 0 Å². The quantitative estimate of drug-likeness (QED) is 0.553. The van der Waals surface area contributed by atoms with Gasteiger partial charge in [0.2, 0.25) is 0 Å². The molecule has 1 rings (SSSR count). The van der Waals surface area contributed by atoms with Gasteiger partial charge in [0.1, 0.15) is 0 Å². The number of aryl methyl sites for hydroxylation is 1. The van der Waals surface area contributed by atoms with Gasteiger partial charge in [0.15, 0.2) is 0 Å². The number of hydrogen-bond acceptors (Lipinski definition) is 1. The molecule has 0 spiro atoms. The van der Waals surface area contributed by atoms with Crippen LogP contribution < -0.4 is 5.32 Å². The molecule has 118 valence electrons. The highest BCUT2D eigenvalue weighted by molar-refractivity contribution is 5.95. The molecule has 2 nitrogen and oxygen atoms in total. The van der Waals surface area contributed by atoms with Gasteiger partial charge in [-0.15, -0.1) is 0 Å². The summed E-state index contributed by atoms with van der Waals surface area (Å²) in [4.78, 5) is 12.0. The third kappa shape index (κ3) is 7.89. The van der Waals surface area contributed by atoms with Crippen molar-refractivity contribution in [3.05, 3.63) is 35.4 Å². The van der Waals surface area contributed by atoms with Crippen LogP contribution in [0.5, 0.6) is 0 Å². The van der Waals surface area contributed by atoms with Crippen molar-refractivity contribution in [1.29, 1.82) is 0 Å². The summed E-state index contributed by atoms with van der Waals surface area (Å²) in [5.74, 6) is 0.0627. The highest BCUT2D eigenvalue weighted by atomic mass is 16.1. The zero-order chi connectivity index (χ0) is 15.3. The van der Waals surface area contributed by atoms with Gasteiger partial charge in [-0.2, -0.15) is 0 Å². The third-order valence-corrected chi connectivity index (χ3v) is 3.96. The molecule has 0 unspecified atom stereocenters. The average Bonchev–Trinajstić information content (AvgIpc) is 2.49. The zero-order valence-corrected chi connectivity index (χ0v) is 13.8. The fraction of sp³-hybridized carbons (Fsp3) is 0.632. The molecule has 0 aliphatic heterocycles. The maximum absolute atomic E-state index is 12.0. The van der Waals surface area contributed by atoms with Crippen LogP contribution in [0.4, 0.5) is 0 Å². The Morgan fingerprint density at radius 3 is 2.10 bits per heavy atom. The molecule has 0 aliphatic carbocycles. The smallest absolute Gasteiger partial charge is 0.251 e. The van der Waals surface area contributed by atoms with Gasteiger partial charge >= 0.3 is 0 Å². The summed E-state index contributed by atoms with van der Waals surface area (Å²) in [6.07, 6.45) is 11.8. The maximum Gasteiger partial charge on any atom is 0.251 e. The fourth-order valence-electron chi connectivity index (χ4n) is 2.56. The topological polar surface area (TPSA) is 29.1 Å². The first-order valence-corrected chi connectivity index (χ1v) is 8.59. The van der Waals surface area contributed by atoms with Crippen LogP contribution in [-0.4, -0.2) is 12.5 Å². The Labute approximate surface area is 130 Å². The number of carbonyl (C=O) groups excluding carboxylic acids is 1. The molecule has 0 heterocycles. The summed E-state index contributed by atoms with van der Waals surface area (Å²) in [6, 6.07) is 7.75. The van der Waals surface area contributed by atoms with Gasteiger partial charge in [-0.1, -0.05) is 76.5 Å². The fourth-order valence-corrected chi connectivity index (χ4v) is 2.56. The first-order valence-electron chi connectivity index (χ1n) is 8.59. The van der Waals surface area contributed by atoms with E-state index in [-0.39, 0.29) is 5.91 Å². The van der Waals surface area contributed by atoms with E-state index in [4.69, 9.17) is 0 Å². The predicted octanol–water partition coefficient (Wildman–Crippen LogP) is 5.26. The van der Waals surface area contributed by atoms with E-state index in [1.165, 1.54) is 51.4 Å². The van der Waals surface area contributed by atoms with Crippen LogP contribution in [0, 0.1) is 6.92 Å². The predicted molar refractivity (Wildman–Crippen MR) is 90.7 cm³/mol. The largest absolute Gasteiger partial charge is 0.352 e. The Morgan fingerprint density at radius 2 is 1.48 bits per heavy atom. The minimum absolute atomic E-state index is 0.0627. The molecule has 0 radical (unpaired) electrons. The number of nitrogens with one attached hydrogen (secondary N) is 1. The Kier molecular flexibility index (Phi) is 9.60. The lowest BCUT2D eigenvalue weighted by Crippen LogP contribution is -2.25. The van der Waals surface area contributed by atoms with E-state index in [0.717, 1.165) is 24.1 Å². The van der Waals surface area contributed by atoms with Crippen LogP contribution in [-0.2, 0) is 0 Å². The van der Waals surface area contributed by atoms with E-state index in [2.05, 4.69) is 12.2 Å². The highest BCUT2D eigenvalue weighted by Crippen LogP contribution is 2.10. The van der Waals surface area contributed by atoms with Gasteiger partial charge in [-0.3, -0.25) is 4.79 Å². The Morgan fingerprint density at radius 1 is 0.905 bits per heavy atom. The molecule has 2 heteroatoms. The lowest BCUT2D eigenvalue weighted by Gasteiger charge is -2.07. The summed E-state index contributed by atoms with van der Waals surface area (Å²) in [7, 11) is 0. The van der Waals surface area contributed by atoms with E-state index < -0.39 is 0 Å². The van der Waals surface area contributed by atoms with Crippen molar-refractivity contribution in [1.82, 2.24) is 5.32 Å². The second kappa shape index (κ2) is 11.4. The average molecular weight is 289 g/mol. The van der Waals surface area contributed by atoms with Gasteiger partial charge < -0.3 is 5.32 Å². The van der Waals surface area contributed by atoms with Crippen LogP contribution >= 0.6 is 0 Å². The number of amides is 1. The van der Waals surface area contributed by atoms with Gasteiger partial charge in [-0.05, 0) is 25.0 Å². The normalized spacial score (nSPS) is 10.6. The Balaban J connectivity index is 1.99. The summed E-state index contributed by atoms with van der Waals surface area (Å²) >= 11 is 0. The monoisotopic (exact) mass is 289 g/mol. The Hall–Kier alpha value is -1.31. The molecule has 1 amide bonds. The molecule has 0 saturated carbocycles. The van der Waals surface area contributed by atoms with Crippen molar-refractivity contribution in [3.8, 4) is 0 Å². The molecule has 0 atom stereocenters. The van der Waals surface area contributed by atoms with Crippen molar-refractivity contribution >= 4 is 5.91 Å². The lowest BCUT2D eigenvalue weighted by molar-refractivity contribution is 0.0952. The second-order valence-corrected chi connectivity index (χ2v) is 5.90. The van der Waals surface area contributed by atoms with E-state index in [1.807, 2.05) is 31.2 Å². The molecule has 21 heavy (non-hydrogen) atoms. The van der Waals surface area contributed by atoms with Crippen molar-refractivity contribution < 1.29 is 4.79 Å². The molecule has 0 fully saturated rings. The number of carbonyl (C=O) groups is 1. The van der Waals surface area contributed by atoms with Crippen molar-refractivity contribution in [2.75, 3.05) is 6.54 Å². The summed E-state index contributed by atoms with van der Waals surface area (Å²) in [6.45, 7) is 5.03. The first-order chi connectivity index (χ1) is 10.3. The maximum atomic E-state index is 12.0. The Bertz CT molecular complexity index is 400. The van der Waals surface area contributed by atoms with Gasteiger partial charge in [0.05, 0.1) is 0 Å². The van der Waals surface area contributed by atoms with Gasteiger partial charge in [0.25, 0.3) is 5.91 Å². The van der Waals surface area contributed by atoms with E-state index in [0.29, 0.717) is 0 Å². The van der Waals surface area contributed by atoms with Crippen LogP contribution in [0.15, 0.2) is 24.3 Å². The molecule has 0 aromatic heterocycles. The van der Waals surface area contributed by atoms with Crippen molar-refractivity contribution in [3.63, 3.8) is 0 Å². The third-order valence-electron chi connectivity index (χ3n) is 3.96. The molecule has 1 aromatic rings. The van der Waals surface area contributed by atoms with Crippen molar-refractivity contribution in [2.45, 2.75) is 71.6 Å². The first kappa shape index (κ1) is 17.7. The number of benzene rings is 1. The van der Waals surface area contributed by atoms with E-state index in [9.17, 15) is 4.79 Å². The zero-order valence-electron chi connectivity index (χ0n) is 13.8. The number of rotatable bonds is 11. The van der Waals surface area contributed by atoms with Crippen molar-refractivity contribution in [2.24, 2.45) is 0 Å². The SMILES string of the molecule is CCCCCCCCCCCNC(=O)c1ccccc1C. The molecule has 0 bridgehead atoms. The minimum Gasteiger partial charge on any atom is -0.352 e. The molecular weight excluding hydrogens is 258 g/mol. The number of unbranched alkanes of at least 4 members (excludes halogenated alkanes) is 8. The van der Waals surface area contributed by atoms with Gasteiger partial charge in [-0.25, -0.2) is 0 Å². The van der Waals surface area contributed by atoms with Crippen LogP contribution in [0.3, 0.4) is 0 Å². The molecule has 1 N–H and O–H groups in total. The minimum atomic E-state index is 0.0627. The van der Waals surface area contributed by atoms with Crippen LogP contribution in [0.1, 0.15) is 80.6 Å². The van der Waals surface area contributed by atoms with Crippen LogP contribution in [0.2, 0.25) is 0 Å². The lowest BCUT2D eigenvalue weighted by atomic mass is 10.1. The highest BCUT2D eigenvalue weighted by Gasteiger charge is 2.06. The second-order valence-electron chi connectivity index (χ2n) is 5.90. The van der Waals surface area contributed by atoms with Crippen LogP contribution in [0.25, 0.3) is 0 Å². The number of hydrogen-bond donors (Lipinski definition) is 1. The summed E-state index contributed by atoms with van der Waals surface area (Å²) in [5, 5.41) is 3.02. The molecule has 0 saturated heterocycles. The molecule has 1 aromatic carbocycles. The summed E-state index contributed by atoms with van der Waals surface area (Å²) in [5.41, 5.74) is 1.84. The molecular formula is C19H31NO.